The lowest BCUT2D eigenvalue weighted by Gasteiger charge is -2.17. The van der Waals surface area contributed by atoms with Gasteiger partial charge in [0.05, 0.1) is 6.61 Å². The van der Waals surface area contributed by atoms with Crippen LogP contribution in [0.1, 0.15) is 25.3 Å². The highest BCUT2D eigenvalue weighted by atomic mass is 16.5. The molecule has 3 heteroatoms. The minimum absolute atomic E-state index is 0.0755. The summed E-state index contributed by atoms with van der Waals surface area (Å²) in [6, 6.07) is 5.83. The van der Waals surface area contributed by atoms with E-state index in [4.69, 9.17) is 4.74 Å². The number of rotatable bonds is 3. The highest BCUT2D eigenvalue weighted by molar-refractivity contribution is 5.94. The second-order valence-electron chi connectivity index (χ2n) is 3.89. The highest BCUT2D eigenvalue weighted by Gasteiger charge is 2.14. The van der Waals surface area contributed by atoms with Gasteiger partial charge in [0.1, 0.15) is 5.75 Å². The van der Waals surface area contributed by atoms with Crippen LogP contribution in [0.25, 0.3) is 0 Å². The van der Waals surface area contributed by atoms with Crippen LogP contribution in [0.3, 0.4) is 0 Å². The Morgan fingerprint density at radius 1 is 1.41 bits per heavy atom. The van der Waals surface area contributed by atoms with Crippen LogP contribution in [-0.2, 0) is 11.2 Å². The zero-order chi connectivity index (χ0) is 12.1. The standard InChI is InChI=1S/C14H15NO2/c1-2-3-4-9-17-12-7-5-11-6-8-14(16)15-13(11)10-12/h5,7,10H,4,6,8-9H2,1H3,(H,15,16). The molecule has 1 amide bonds. The maximum absolute atomic E-state index is 11.3. The molecule has 3 nitrogen and oxygen atoms in total. The first kappa shape index (κ1) is 11.5. The summed E-state index contributed by atoms with van der Waals surface area (Å²) in [6.45, 7) is 2.39. The maximum Gasteiger partial charge on any atom is 0.224 e. The van der Waals surface area contributed by atoms with Crippen molar-refractivity contribution in [3.8, 4) is 17.6 Å². The number of hydrogen-bond donors (Lipinski definition) is 1. The van der Waals surface area contributed by atoms with E-state index in [2.05, 4.69) is 17.2 Å². The fraction of sp³-hybridized carbons (Fsp3) is 0.357. The molecule has 0 unspecified atom stereocenters. The van der Waals surface area contributed by atoms with Crippen molar-refractivity contribution in [3.05, 3.63) is 23.8 Å². The number of fused-ring (bicyclic) bond motifs is 1. The van der Waals surface area contributed by atoms with Gasteiger partial charge in [0.2, 0.25) is 5.91 Å². The third-order valence-electron chi connectivity index (χ3n) is 2.65. The van der Waals surface area contributed by atoms with Crippen LogP contribution in [0.15, 0.2) is 18.2 Å². The summed E-state index contributed by atoms with van der Waals surface area (Å²) in [6.07, 6.45) is 2.10. The second kappa shape index (κ2) is 5.40. The molecule has 0 radical (unpaired) electrons. The zero-order valence-electron chi connectivity index (χ0n) is 9.88. The van der Waals surface area contributed by atoms with Gasteiger partial charge in [-0.05, 0) is 25.0 Å². The molecule has 0 fully saturated rings. The van der Waals surface area contributed by atoms with E-state index >= 15 is 0 Å². The van der Waals surface area contributed by atoms with E-state index in [-0.39, 0.29) is 5.91 Å². The molecule has 88 valence electrons. The number of benzene rings is 1. The van der Waals surface area contributed by atoms with Crippen molar-refractivity contribution < 1.29 is 9.53 Å². The van der Waals surface area contributed by atoms with Gasteiger partial charge in [-0.25, -0.2) is 0 Å². The van der Waals surface area contributed by atoms with Gasteiger partial charge in [0.15, 0.2) is 0 Å². The van der Waals surface area contributed by atoms with E-state index in [0.717, 1.165) is 24.3 Å². The molecule has 2 rings (SSSR count). The molecular formula is C14H15NO2. The molecule has 1 aliphatic heterocycles. The first-order valence-corrected chi connectivity index (χ1v) is 5.75. The van der Waals surface area contributed by atoms with Crippen LogP contribution in [-0.4, -0.2) is 12.5 Å². The Kier molecular flexibility index (Phi) is 3.66. The number of carbonyl (C=O) groups is 1. The SMILES string of the molecule is CC#CCCOc1ccc2c(c1)NC(=O)CC2. The number of hydrogen-bond acceptors (Lipinski definition) is 2. The van der Waals surface area contributed by atoms with E-state index in [9.17, 15) is 4.79 Å². The summed E-state index contributed by atoms with van der Waals surface area (Å²) in [4.78, 5) is 11.3. The predicted molar refractivity (Wildman–Crippen MR) is 67.0 cm³/mol. The second-order valence-corrected chi connectivity index (χ2v) is 3.89. The average molecular weight is 229 g/mol. The van der Waals surface area contributed by atoms with Gasteiger partial charge in [-0.2, -0.15) is 0 Å². The Bertz CT molecular complexity index is 483. The van der Waals surface area contributed by atoms with Crippen molar-refractivity contribution in [2.24, 2.45) is 0 Å². The summed E-state index contributed by atoms with van der Waals surface area (Å²) in [5.41, 5.74) is 2.05. The van der Waals surface area contributed by atoms with Gasteiger partial charge < -0.3 is 10.1 Å². The Morgan fingerprint density at radius 3 is 3.12 bits per heavy atom. The lowest BCUT2D eigenvalue weighted by atomic mass is 10.0. The fourth-order valence-electron chi connectivity index (χ4n) is 1.79. The molecule has 1 aromatic rings. The molecule has 1 N–H and O–H groups in total. The van der Waals surface area contributed by atoms with Crippen LogP contribution in [0.2, 0.25) is 0 Å². The van der Waals surface area contributed by atoms with Crippen LogP contribution >= 0.6 is 0 Å². The van der Waals surface area contributed by atoms with Crippen LogP contribution in [0, 0.1) is 11.8 Å². The molecule has 1 heterocycles. The van der Waals surface area contributed by atoms with Gasteiger partial charge in [-0.3, -0.25) is 4.79 Å². The zero-order valence-corrected chi connectivity index (χ0v) is 9.88. The Balaban J connectivity index is 2.01. The van der Waals surface area contributed by atoms with Crippen LogP contribution in [0.5, 0.6) is 5.75 Å². The van der Waals surface area contributed by atoms with Crippen molar-refractivity contribution in [2.45, 2.75) is 26.2 Å². The topological polar surface area (TPSA) is 38.3 Å². The molecule has 0 aromatic heterocycles. The van der Waals surface area contributed by atoms with E-state index in [1.807, 2.05) is 25.1 Å². The number of carbonyl (C=O) groups excluding carboxylic acids is 1. The number of aryl methyl sites for hydroxylation is 1. The summed E-state index contributed by atoms with van der Waals surface area (Å²) < 4.78 is 5.56. The van der Waals surface area contributed by atoms with Crippen molar-refractivity contribution >= 4 is 11.6 Å². The minimum atomic E-state index is 0.0755. The van der Waals surface area contributed by atoms with Crippen LogP contribution < -0.4 is 10.1 Å². The van der Waals surface area contributed by atoms with E-state index in [1.165, 1.54) is 5.56 Å². The largest absolute Gasteiger partial charge is 0.493 e. The molecule has 0 spiro atoms. The lowest BCUT2D eigenvalue weighted by Crippen LogP contribution is -2.18. The van der Waals surface area contributed by atoms with Gasteiger partial charge in [-0.1, -0.05) is 6.07 Å². The monoisotopic (exact) mass is 229 g/mol. The summed E-state index contributed by atoms with van der Waals surface area (Å²) in [5, 5.41) is 2.85. The van der Waals surface area contributed by atoms with Crippen LogP contribution in [0.4, 0.5) is 5.69 Å². The average Bonchev–Trinajstić information content (AvgIpc) is 2.34. The van der Waals surface area contributed by atoms with Gasteiger partial charge in [0, 0.05) is 24.6 Å². The predicted octanol–water partition coefficient (Wildman–Crippen LogP) is 2.36. The molecule has 0 saturated carbocycles. The normalized spacial score (nSPS) is 13.1. The number of anilines is 1. The van der Waals surface area contributed by atoms with Crippen molar-refractivity contribution in [3.63, 3.8) is 0 Å². The van der Waals surface area contributed by atoms with Gasteiger partial charge >= 0.3 is 0 Å². The summed E-state index contributed by atoms with van der Waals surface area (Å²) in [7, 11) is 0. The van der Waals surface area contributed by atoms with Gasteiger partial charge in [0.25, 0.3) is 0 Å². The molecule has 0 saturated heterocycles. The first-order valence-electron chi connectivity index (χ1n) is 5.75. The molecule has 1 aliphatic rings. The molecular weight excluding hydrogens is 214 g/mol. The van der Waals surface area contributed by atoms with E-state index < -0.39 is 0 Å². The molecule has 0 aliphatic carbocycles. The van der Waals surface area contributed by atoms with Crippen molar-refractivity contribution in [2.75, 3.05) is 11.9 Å². The summed E-state index contributed by atoms with van der Waals surface area (Å²) in [5.74, 6) is 6.62. The number of amides is 1. The Hall–Kier alpha value is -1.95. The van der Waals surface area contributed by atoms with Gasteiger partial charge in [-0.15, -0.1) is 11.8 Å². The fourth-order valence-corrected chi connectivity index (χ4v) is 1.79. The summed E-state index contributed by atoms with van der Waals surface area (Å²) >= 11 is 0. The van der Waals surface area contributed by atoms with E-state index in [1.54, 1.807) is 0 Å². The maximum atomic E-state index is 11.3. The highest BCUT2D eigenvalue weighted by Crippen LogP contribution is 2.27. The third-order valence-corrected chi connectivity index (χ3v) is 2.65. The number of nitrogens with one attached hydrogen (secondary N) is 1. The smallest absolute Gasteiger partial charge is 0.224 e. The lowest BCUT2D eigenvalue weighted by molar-refractivity contribution is -0.116. The molecule has 17 heavy (non-hydrogen) atoms. The molecule has 1 aromatic carbocycles. The quantitative estimate of drug-likeness (QED) is 0.638. The minimum Gasteiger partial charge on any atom is -0.493 e. The molecule has 0 bridgehead atoms. The third kappa shape index (κ3) is 3.01. The number of ether oxygens (including phenoxy) is 1. The van der Waals surface area contributed by atoms with Crippen molar-refractivity contribution in [1.29, 1.82) is 0 Å². The first-order chi connectivity index (χ1) is 8.29. The Morgan fingerprint density at radius 2 is 2.29 bits per heavy atom. The van der Waals surface area contributed by atoms with E-state index in [0.29, 0.717) is 13.0 Å². The Labute approximate surface area is 101 Å². The van der Waals surface area contributed by atoms with Crippen molar-refractivity contribution in [1.82, 2.24) is 0 Å². The molecule has 0 atom stereocenters.